The summed E-state index contributed by atoms with van der Waals surface area (Å²) in [6.07, 6.45) is -3.49. The Morgan fingerprint density at radius 1 is 0.925 bits per heavy atom. The summed E-state index contributed by atoms with van der Waals surface area (Å²) in [5, 5.41) is 0. The van der Waals surface area contributed by atoms with E-state index in [0.29, 0.717) is 32.6 Å². The molecule has 1 amide bonds. The van der Waals surface area contributed by atoms with E-state index in [9.17, 15) is 40.0 Å². The van der Waals surface area contributed by atoms with E-state index < -0.39 is 43.7 Å². The number of carbonyl (C=O) groups is 2. The number of hydrogen-bond donors (Lipinski definition) is 0. The maximum atomic E-state index is 14.6. The molecule has 1 saturated heterocycles. The Kier molecular flexibility index (Phi) is 8.05. The molecule has 0 spiro atoms. The summed E-state index contributed by atoms with van der Waals surface area (Å²) in [4.78, 5) is 26.5. The van der Waals surface area contributed by atoms with Crippen LogP contribution in [0.25, 0.3) is 0 Å². The van der Waals surface area contributed by atoms with Gasteiger partial charge >= 0.3 is 12.1 Å². The molecule has 0 aromatic heterocycles. The Hall–Kier alpha value is -3.02. The van der Waals surface area contributed by atoms with Crippen molar-refractivity contribution in [1.29, 1.82) is 0 Å². The molecule has 4 rings (SSSR count). The standard InChI is InChI=1S/C28H30F5NO5S/c1-26(30,28(31,32)33)20-7-9-21(10-8-20)27(40(37,38)23-13-11-22(29)12-14-23)15-16-34(17-27)24(35)18-3-5-19(6-4-18)25(36)39-2/h7-14,18-19H,3-6,15-17H2,1-2H3/t18?,19?,26?,27-/m0/s1. The predicted molar refractivity (Wildman–Crippen MR) is 135 cm³/mol. The number of rotatable bonds is 6. The lowest BCUT2D eigenvalue weighted by Crippen LogP contribution is -2.43. The van der Waals surface area contributed by atoms with Gasteiger partial charge in [0.15, 0.2) is 9.84 Å². The van der Waals surface area contributed by atoms with Crippen molar-refractivity contribution in [2.45, 2.75) is 60.5 Å². The first-order valence-electron chi connectivity index (χ1n) is 12.9. The van der Waals surface area contributed by atoms with E-state index in [1.807, 2.05) is 0 Å². The molecule has 40 heavy (non-hydrogen) atoms. The van der Waals surface area contributed by atoms with E-state index >= 15 is 0 Å². The number of methoxy groups -OCH3 is 1. The first-order chi connectivity index (χ1) is 18.6. The van der Waals surface area contributed by atoms with Crippen molar-refractivity contribution in [3.8, 4) is 0 Å². The van der Waals surface area contributed by atoms with Gasteiger partial charge < -0.3 is 9.64 Å². The highest BCUT2D eigenvalue weighted by Gasteiger charge is 2.55. The van der Waals surface area contributed by atoms with Crippen LogP contribution in [0.5, 0.6) is 0 Å². The summed E-state index contributed by atoms with van der Waals surface area (Å²) in [5.41, 5.74) is -4.25. The number of benzene rings is 2. The molecule has 2 aromatic carbocycles. The lowest BCUT2D eigenvalue weighted by atomic mass is 9.81. The Morgan fingerprint density at radius 2 is 1.48 bits per heavy atom. The largest absolute Gasteiger partial charge is 0.469 e. The fourth-order valence-electron chi connectivity index (χ4n) is 5.67. The predicted octanol–water partition coefficient (Wildman–Crippen LogP) is 5.45. The van der Waals surface area contributed by atoms with E-state index in [1.165, 1.54) is 12.0 Å². The Morgan fingerprint density at radius 3 is 2.00 bits per heavy atom. The number of nitrogens with zero attached hydrogens (tertiary/aromatic N) is 1. The molecule has 2 fully saturated rings. The normalized spacial score (nSPS) is 25.3. The minimum atomic E-state index is -5.18. The molecule has 1 unspecified atom stereocenters. The lowest BCUT2D eigenvalue weighted by Gasteiger charge is -2.33. The summed E-state index contributed by atoms with van der Waals surface area (Å²) < 4.78 is 99.1. The minimum Gasteiger partial charge on any atom is -0.469 e. The van der Waals surface area contributed by atoms with Crippen LogP contribution >= 0.6 is 0 Å². The van der Waals surface area contributed by atoms with Gasteiger partial charge in [0.2, 0.25) is 11.6 Å². The molecular weight excluding hydrogens is 557 g/mol. The summed E-state index contributed by atoms with van der Waals surface area (Å²) in [5.74, 6) is -1.99. The molecule has 1 aliphatic carbocycles. The highest BCUT2D eigenvalue weighted by Crippen LogP contribution is 2.46. The highest BCUT2D eigenvalue weighted by atomic mass is 32.2. The Labute approximate surface area is 229 Å². The number of hydrogen-bond acceptors (Lipinski definition) is 5. The number of likely N-dealkylation sites (tertiary alicyclic amines) is 1. The molecule has 218 valence electrons. The van der Waals surface area contributed by atoms with Gasteiger partial charge in [-0.2, -0.15) is 13.2 Å². The van der Waals surface area contributed by atoms with Gasteiger partial charge in [-0.3, -0.25) is 9.59 Å². The van der Waals surface area contributed by atoms with Crippen molar-refractivity contribution in [2.75, 3.05) is 20.2 Å². The molecule has 0 N–H and O–H groups in total. The molecule has 1 heterocycles. The zero-order chi connectivity index (χ0) is 29.5. The minimum absolute atomic E-state index is 0.0569. The van der Waals surface area contributed by atoms with E-state index in [1.54, 1.807) is 0 Å². The maximum Gasteiger partial charge on any atom is 0.426 e. The van der Waals surface area contributed by atoms with Crippen molar-refractivity contribution in [1.82, 2.24) is 4.90 Å². The fourth-order valence-corrected chi connectivity index (χ4v) is 7.75. The van der Waals surface area contributed by atoms with Crippen LogP contribution < -0.4 is 0 Å². The molecular formula is C28H30F5NO5S. The van der Waals surface area contributed by atoms with Crippen LogP contribution in [0.3, 0.4) is 0 Å². The summed E-state index contributed by atoms with van der Waals surface area (Å²) in [6, 6.07) is 8.28. The van der Waals surface area contributed by atoms with Crippen molar-refractivity contribution in [3.63, 3.8) is 0 Å². The Bertz CT molecular complexity index is 1350. The fraction of sp³-hybridized carbons (Fsp3) is 0.500. The zero-order valence-electron chi connectivity index (χ0n) is 22.0. The van der Waals surface area contributed by atoms with Crippen molar-refractivity contribution in [2.24, 2.45) is 11.8 Å². The molecule has 12 heteroatoms. The zero-order valence-corrected chi connectivity index (χ0v) is 22.8. The smallest absolute Gasteiger partial charge is 0.426 e. The van der Waals surface area contributed by atoms with Gasteiger partial charge in [-0.05, 0) is 74.4 Å². The van der Waals surface area contributed by atoms with Gasteiger partial charge in [0, 0.05) is 19.0 Å². The van der Waals surface area contributed by atoms with Crippen LogP contribution in [0.4, 0.5) is 22.0 Å². The Balaban J connectivity index is 1.68. The molecule has 2 aromatic rings. The lowest BCUT2D eigenvalue weighted by molar-refractivity contribution is -0.228. The molecule has 1 saturated carbocycles. The van der Waals surface area contributed by atoms with Gasteiger partial charge in [-0.15, -0.1) is 0 Å². The molecule has 0 bridgehead atoms. The average molecular weight is 588 g/mol. The van der Waals surface area contributed by atoms with Gasteiger partial charge in [-0.25, -0.2) is 17.2 Å². The number of amides is 1. The quantitative estimate of drug-likeness (QED) is 0.255. The number of sulfone groups is 1. The average Bonchev–Trinajstić information content (AvgIpc) is 3.39. The molecule has 0 radical (unpaired) electrons. The van der Waals surface area contributed by atoms with Crippen molar-refractivity contribution in [3.05, 3.63) is 65.5 Å². The van der Waals surface area contributed by atoms with E-state index in [4.69, 9.17) is 4.74 Å². The van der Waals surface area contributed by atoms with Crippen LogP contribution in [0.15, 0.2) is 53.4 Å². The van der Waals surface area contributed by atoms with E-state index in [-0.39, 0.29) is 47.8 Å². The third-order valence-electron chi connectivity index (χ3n) is 8.28. The number of halogens is 5. The third-order valence-corrected chi connectivity index (χ3v) is 10.8. The number of ether oxygens (including phenoxy) is 1. The number of esters is 1. The number of alkyl halides is 4. The van der Waals surface area contributed by atoms with Gasteiger partial charge in [0.25, 0.3) is 0 Å². The molecule has 2 aliphatic rings. The molecule has 1 aliphatic heterocycles. The second kappa shape index (κ2) is 10.8. The maximum absolute atomic E-state index is 14.6. The van der Waals surface area contributed by atoms with Crippen LogP contribution in [0.1, 0.15) is 50.2 Å². The monoisotopic (exact) mass is 587 g/mol. The van der Waals surface area contributed by atoms with Crippen LogP contribution in [0.2, 0.25) is 0 Å². The SMILES string of the molecule is COC(=O)C1CCC(C(=O)N2CC[C@](c3ccc(C(C)(F)C(F)(F)F)cc3)(S(=O)(=O)c3ccc(F)cc3)C2)CC1. The van der Waals surface area contributed by atoms with Crippen LogP contribution in [-0.4, -0.2) is 51.6 Å². The summed E-state index contributed by atoms with van der Waals surface area (Å²) >= 11 is 0. The van der Waals surface area contributed by atoms with Crippen LogP contribution in [0, 0.1) is 17.7 Å². The molecule has 2 atom stereocenters. The summed E-state index contributed by atoms with van der Waals surface area (Å²) in [6.45, 7) is 0.160. The number of carbonyl (C=O) groups excluding carboxylic acids is 2. The van der Waals surface area contributed by atoms with Gasteiger partial charge in [-0.1, -0.05) is 24.3 Å². The first kappa shape index (κ1) is 30.0. The second-order valence-corrected chi connectivity index (χ2v) is 12.9. The second-order valence-electron chi connectivity index (χ2n) is 10.6. The van der Waals surface area contributed by atoms with Gasteiger partial charge in [0.05, 0.1) is 17.9 Å². The molecule has 6 nitrogen and oxygen atoms in total. The topological polar surface area (TPSA) is 80.8 Å². The first-order valence-corrected chi connectivity index (χ1v) is 14.4. The van der Waals surface area contributed by atoms with Crippen molar-refractivity contribution >= 4 is 21.7 Å². The van der Waals surface area contributed by atoms with E-state index in [2.05, 4.69) is 0 Å². The van der Waals surface area contributed by atoms with E-state index in [0.717, 1.165) is 48.5 Å². The highest BCUT2D eigenvalue weighted by molar-refractivity contribution is 7.92. The van der Waals surface area contributed by atoms with Crippen molar-refractivity contribution < 1.29 is 44.7 Å². The van der Waals surface area contributed by atoms with Gasteiger partial charge in [0.1, 0.15) is 10.6 Å². The third kappa shape index (κ3) is 5.22. The van der Waals surface area contributed by atoms with Crippen LogP contribution in [-0.2, 0) is 34.6 Å². The summed E-state index contributed by atoms with van der Waals surface area (Å²) in [7, 11) is -3.00.